The number of carbonyl (C=O) groups is 2. The Kier molecular flexibility index (Phi) is 4.21. The molecule has 2 amide bonds. The molecule has 0 spiro atoms. The SMILES string of the molecule is Cc1ccc(C(C(=O)NCc2c[nH]c3ccccc23)N2CCC2=O)cc1. The van der Waals surface area contributed by atoms with Crippen molar-refractivity contribution in [3.05, 3.63) is 71.4 Å². The maximum absolute atomic E-state index is 12.9. The Morgan fingerprint density at radius 3 is 2.65 bits per heavy atom. The lowest BCUT2D eigenvalue weighted by molar-refractivity contribution is -0.149. The largest absolute Gasteiger partial charge is 0.361 e. The Bertz CT molecular complexity index is 959. The van der Waals surface area contributed by atoms with Crippen LogP contribution < -0.4 is 5.32 Å². The Labute approximate surface area is 152 Å². The van der Waals surface area contributed by atoms with Gasteiger partial charge in [0.2, 0.25) is 11.8 Å². The van der Waals surface area contributed by atoms with Gasteiger partial charge in [0.15, 0.2) is 0 Å². The molecule has 2 N–H and O–H groups in total. The van der Waals surface area contributed by atoms with Crippen LogP contribution in [0.2, 0.25) is 0 Å². The summed E-state index contributed by atoms with van der Waals surface area (Å²) in [6, 6.07) is 15.2. The van der Waals surface area contributed by atoms with E-state index in [4.69, 9.17) is 0 Å². The maximum atomic E-state index is 12.9. The van der Waals surface area contributed by atoms with Crippen molar-refractivity contribution in [1.82, 2.24) is 15.2 Å². The van der Waals surface area contributed by atoms with Crippen molar-refractivity contribution in [2.45, 2.75) is 25.9 Å². The molecule has 5 heteroatoms. The second-order valence-corrected chi connectivity index (χ2v) is 6.73. The van der Waals surface area contributed by atoms with Gasteiger partial charge >= 0.3 is 0 Å². The first-order valence-corrected chi connectivity index (χ1v) is 8.82. The molecule has 1 saturated heterocycles. The summed E-state index contributed by atoms with van der Waals surface area (Å²) < 4.78 is 0. The van der Waals surface area contributed by atoms with Crippen LogP contribution in [0.25, 0.3) is 10.9 Å². The summed E-state index contributed by atoms with van der Waals surface area (Å²) in [5.41, 5.74) is 4.05. The molecule has 1 atom stereocenters. The van der Waals surface area contributed by atoms with Gasteiger partial charge < -0.3 is 15.2 Å². The summed E-state index contributed by atoms with van der Waals surface area (Å²) >= 11 is 0. The zero-order valence-electron chi connectivity index (χ0n) is 14.7. The number of fused-ring (bicyclic) bond motifs is 1. The van der Waals surface area contributed by atoms with Gasteiger partial charge in [-0.15, -0.1) is 0 Å². The quantitative estimate of drug-likeness (QED) is 0.697. The highest BCUT2D eigenvalue weighted by Crippen LogP contribution is 2.27. The number of benzene rings is 2. The van der Waals surface area contributed by atoms with E-state index in [0.717, 1.165) is 27.6 Å². The third-order valence-electron chi connectivity index (χ3n) is 4.97. The summed E-state index contributed by atoms with van der Waals surface area (Å²) in [5, 5.41) is 4.10. The molecular formula is C21H21N3O2. The molecule has 1 aliphatic heterocycles. The van der Waals surface area contributed by atoms with Crippen molar-refractivity contribution in [3.63, 3.8) is 0 Å². The highest BCUT2D eigenvalue weighted by atomic mass is 16.2. The average Bonchev–Trinajstić information content (AvgIpc) is 3.07. The minimum Gasteiger partial charge on any atom is -0.361 e. The van der Waals surface area contributed by atoms with Crippen LogP contribution in [0.15, 0.2) is 54.7 Å². The Hall–Kier alpha value is -3.08. The number of nitrogens with one attached hydrogen (secondary N) is 2. The van der Waals surface area contributed by atoms with Crippen LogP contribution in [-0.4, -0.2) is 28.2 Å². The summed E-state index contributed by atoms with van der Waals surface area (Å²) in [6.45, 7) is 3.05. The third-order valence-corrected chi connectivity index (χ3v) is 4.97. The Morgan fingerprint density at radius 1 is 1.19 bits per heavy atom. The van der Waals surface area contributed by atoms with Gasteiger partial charge in [0, 0.05) is 36.6 Å². The number of aromatic amines is 1. The van der Waals surface area contributed by atoms with Crippen LogP contribution >= 0.6 is 0 Å². The molecule has 1 aliphatic rings. The van der Waals surface area contributed by atoms with E-state index >= 15 is 0 Å². The molecule has 2 aromatic carbocycles. The van der Waals surface area contributed by atoms with Gasteiger partial charge in [-0.3, -0.25) is 9.59 Å². The normalized spacial score (nSPS) is 15.0. The van der Waals surface area contributed by atoms with Crippen molar-refractivity contribution >= 4 is 22.7 Å². The molecule has 0 bridgehead atoms. The summed E-state index contributed by atoms with van der Waals surface area (Å²) in [7, 11) is 0. The van der Waals surface area contributed by atoms with Crippen LogP contribution in [0.1, 0.15) is 29.2 Å². The lowest BCUT2D eigenvalue weighted by Gasteiger charge is -2.37. The van der Waals surface area contributed by atoms with Crippen LogP contribution in [0.5, 0.6) is 0 Å². The number of hydrogen-bond donors (Lipinski definition) is 2. The monoisotopic (exact) mass is 347 g/mol. The second kappa shape index (κ2) is 6.67. The smallest absolute Gasteiger partial charge is 0.247 e. The van der Waals surface area contributed by atoms with Gasteiger partial charge in [-0.25, -0.2) is 0 Å². The van der Waals surface area contributed by atoms with Crippen molar-refractivity contribution in [3.8, 4) is 0 Å². The maximum Gasteiger partial charge on any atom is 0.247 e. The van der Waals surface area contributed by atoms with E-state index in [-0.39, 0.29) is 11.8 Å². The summed E-state index contributed by atoms with van der Waals surface area (Å²) in [5.74, 6) is -0.120. The number of H-pyrrole nitrogens is 1. The highest BCUT2D eigenvalue weighted by molar-refractivity contribution is 5.91. The van der Waals surface area contributed by atoms with Crippen LogP contribution in [-0.2, 0) is 16.1 Å². The zero-order valence-corrected chi connectivity index (χ0v) is 14.7. The van der Waals surface area contributed by atoms with E-state index in [0.29, 0.717) is 19.5 Å². The van der Waals surface area contributed by atoms with E-state index < -0.39 is 6.04 Å². The third kappa shape index (κ3) is 2.96. The number of aromatic nitrogens is 1. The molecule has 2 heterocycles. The number of para-hydroxylation sites is 1. The summed E-state index contributed by atoms with van der Waals surface area (Å²) in [6.07, 6.45) is 2.43. The van der Waals surface area contributed by atoms with Crippen molar-refractivity contribution in [2.24, 2.45) is 0 Å². The Morgan fingerprint density at radius 2 is 1.96 bits per heavy atom. The predicted octanol–water partition coefficient (Wildman–Crippen LogP) is 3.07. The predicted molar refractivity (Wildman–Crippen MR) is 100 cm³/mol. The number of amides is 2. The first-order chi connectivity index (χ1) is 12.6. The summed E-state index contributed by atoms with van der Waals surface area (Å²) in [4.78, 5) is 29.8. The van der Waals surface area contributed by atoms with E-state index in [2.05, 4.69) is 10.3 Å². The average molecular weight is 347 g/mol. The van der Waals surface area contributed by atoms with Gasteiger partial charge in [-0.05, 0) is 24.1 Å². The molecule has 1 unspecified atom stereocenters. The molecule has 0 radical (unpaired) electrons. The minimum absolute atomic E-state index is 0.0258. The Balaban J connectivity index is 1.54. The first-order valence-electron chi connectivity index (χ1n) is 8.82. The molecule has 5 nitrogen and oxygen atoms in total. The first kappa shape index (κ1) is 16.4. The molecule has 0 saturated carbocycles. The minimum atomic E-state index is -0.568. The van der Waals surface area contributed by atoms with E-state index in [1.165, 1.54) is 0 Å². The van der Waals surface area contributed by atoms with Crippen LogP contribution in [0, 0.1) is 6.92 Å². The second-order valence-electron chi connectivity index (χ2n) is 6.73. The fraction of sp³-hybridized carbons (Fsp3) is 0.238. The molecule has 132 valence electrons. The van der Waals surface area contributed by atoms with E-state index in [9.17, 15) is 9.59 Å². The molecule has 1 fully saturated rings. The molecule has 26 heavy (non-hydrogen) atoms. The van der Waals surface area contributed by atoms with Crippen LogP contribution in [0.3, 0.4) is 0 Å². The van der Waals surface area contributed by atoms with Gasteiger partial charge in [0.05, 0.1) is 0 Å². The topological polar surface area (TPSA) is 65.2 Å². The van der Waals surface area contributed by atoms with Gasteiger partial charge in [-0.1, -0.05) is 48.0 Å². The highest BCUT2D eigenvalue weighted by Gasteiger charge is 2.36. The number of rotatable bonds is 5. The number of carbonyl (C=O) groups excluding carboxylic acids is 2. The molecule has 4 rings (SSSR count). The van der Waals surface area contributed by atoms with Gasteiger partial charge in [0.1, 0.15) is 6.04 Å². The molecular weight excluding hydrogens is 326 g/mol. The fourth-order valence-corrected chi connectivity index (χ4v) is 3.38. The number of aryl methyl sites for hydroxylation is 1. The number of hydrogen-bond acceptors (Lipinski definition) is 2. The number of likely N-dealkylation sites (tertiary alicyclic amines) is 1. The number of nitrogens with zero attached hydrogens (tertiary/aromatic N) is 1. The lowest BCUT2D eigenvalue weighted by atomic mass is 9.99. The van der Waals surface area contributed by atoms with Crippen molar-refractivity contribution < 1.29 is 9.59 Å². The van der Waals surface area contributed by atoms with Crippen molar-refractivity contribution in [2.75, 3.05) is 6.54 Å². The van der Waals surface area contributed by atoms with Crippen molar-refractivity contribution in [1.29, 1.82) is 0 Å². The molecule has 0 aliphatic carbocycles. The van der Waals surface area contributed by atoms with Gasteiger partial charge in [-0.2, -0.15) is 0 Å². The number of β-lactam (4-membered cyclic amide) rings is 1. The standard InChI is InChI=1S/C21H21N3O2/c1-14-6-8-15(9-7-14)20(24-11-10-19(24)25)21(26)23-13-16-12-22-18-5-3-2-4-17(16)18/h2-9,12,20,22H,10-11,13H2,1H3,(H,23,26). The molecule has 1 aromatic heterocycles. The van der Waals surface area contributed by atoms with E-state index in [1.54, 1.807) is 4.90 Å². The van der Waals surface area contributed by atoms with Gasteiger partial charge in [0.25, 0.3) is 0 Å². The lowest BCUT2D eigenvalue weighted by Crippen LogP contribution is -2.50. The zero-order chi connectivity index (χ0) is 18.1. The van der Waals surface area contributed by atoms with E-state index in [1.807, 2.05) is 61.7 Å². The fourth-order valence-electron chi connectivity index (χ4n) is 3.38. The van der Waals surface area contributed by atoms with Crippen LogP contribution in [0.4, 0.5) is 0 Å². The molecule has 3 aromatic rings.